The van der Waals surface area contributed by atoms with Gasteiger partial charge in [-0.1, -0.05) is 48.0 Å². The molecule has 3 N–H and O–H groups in total. The number of para-hydroxylation sites is 1. The summed E-state index contributed by atoms with van der Waals surface area (Å²) in [5.74, 6) is -1.38. The summed E-state index contributed by atoms with van der Waals surface area (Å²) in [6.45, 7) is 5.51. The summed E-state index contributed by atoms with van der Waals surface area (Å²) in [5, 5.41) is 2.87. The molecule has 6 heteroatoms. The molecule has 1 atom stereocenters. The molecule has 2 aromatic carbocycles. The molecule has 0 aliphatic carbocycles. The Balaban J connectivity index is 2.10. The second-order valence-corrected chi connectivity index (χ2v) is 6.74. The van der Waals surface area contributed by atoms with E-state index in [0.29, 0.717) is 17.0 Å². The molecule has 0 aromatic heterocycles. The Labute approximate surface area is 170 Å². The number of carbonyl (C=O) groups is 2. The molecule has 1 aliphatic rings. The number of amides is 1. The van der Waals surface area contributed by atoms with Gasteiger partial charge in [0.05, 0.1) is 18.1 Å². The summed E-state index contributed by atoms with van der Waals surface area (Å²) in [5.41, 5.74) is 8.91. The van der Waals surface area contributed by atoms with E-state index >= 15 is 0 Å². The van der Waals surface area contributed by atoms with Gasteiger partial charge in [-0.15, -0.1) is 0 Å². The largest absolute Gasteiger partial charge is 0.462 e. The van der Waals surface area contributed by atoms with E-state index in [2.05, 4.69) is 5.32 Å². The Hall–Kier alpha value is -3.54. The molecular weight excluding hydrogens is 368 g/mol. The number of allylic oxidation sites excluding steroid dienone is 1. The fourth-order valence-electron chi connectivity index (χ4n) is 3.39. The van der Waals surface area contributed by atoms with Crippen molar-refractivity contribution in [3.8, 4) is 0 Å². The standard InChI is InChI=1S/C23H24N2O4/c1-4-28-23(27)20-19(16-10-8-9-14(2)13-16)18(15(3)29-21(20)24)22(26)25-17-11-6-5-7-12-17/h5-13,19H,4,24H2,1-3H3,(H,25,26)/t19-/m1/s1. The molecule has 6 nitrogen and oxygen atoms in total. The second kappa shape index (κ2) is 8.65. The molecule has 0 radical (unpaired) electrons. The lowest BCUT2D eigenvalue weighted by Crippen LogP contribution is -2.31. The highest BCUT2D eigenvalue weighted by atomic mass is 16.5. The van der Waals surface area contributed by atoms with Crippen molar-refractivity contribution in [2.24, 2.45) is 5.73 Å². The van der Waals surface area contributed by atoms with Crippen molar-refractivity contribution in [3.63, 3.8) is 0 Å². The van der Waals surface area contributed by atoms with E-state index in [1.54, 1.807) is 26.0 Å². The van der Waals surface area contributed by atoms with Gasteiger partial charge in [0, 0.05) is 5.69 Å². The fraction of sp³-hybridized carbons (Fsp3) is 0.217. The molecule has 1 aliphatic heterocycles. The second-order valence-electron chi connectivity index (χ2n) is 6.74. The van der Waals surface area contributed by atoms with Crippen LogP contribution in [0, 0.1) is 6.92 Å². The summed E-state index contributed by atoms with van der Waals surface area (Å²) in [7, 11) is 0. The molecule has 150 valence electrons. The minimum Gasteiger partial charge on any atom is -0.462 e. The number of esters is 1. The predicted octanol–water partition coefficient (Wildman–Crippen LogP) is 3.75. The predicted molar refractivity (Wildman–Crippen MR) is 111 cm³/mol. The summed E-state index contributed by atoms with van der Waals surface area (Å²) >= 11 is 0. The van der Waals surface area contributed by atoms with Crippen LogP contribution in [-0.2, 0) is 19.1 Å². The third-order valence-corrected chi connectivity index (χ3v) is 4.63. The van der Waals surface area contributed by atoms with Crippen LogP contribution in [0.15, 0.2) is 77.4 Å². The minimum absolute atomic E-state index is 0.0521. The van der Waals surface area contributed by atoms with E-state index in [4.69, 9.17) is 15.2 Å². The number of nitrogens with two attached hydrogens (primary N) is 1. The van der Waals surface area contributed by atoms with Gasteiger partial charge in [0.25, 0.3) is 5.91 Å². The van der Waals surface area contributed by atoms with Crippen molar-refractivity contribution in [2.75, 3.05) is 11.9 Å². The monoisotopic (exact) mass is 392 g/mol. The van der Waals surface area contributed by atoms with Crippen molar-refractivity contribution < 1.29 is 19.1 Å². The van der Waals surface area contributed by atoms with Crippen LogP contribution in [0.2, 0.25) is 0 Å². The van der Waals surface area contributed by atoms with Crippen LogP contribution < -0.4 is 11.1 Å². The number of anilines is 1. The zero-order valence-corrected chi connectivity index (χ0v) is 16.7. The quantitative estimate of drug-likeness (QED) is 0.756. The van der Waals surface area contributed by atoms with Gasteiger partial charge in [-0.3, -0.25) is 4.79 Å². The topological polar surface area (TPSA) is 90.7 Å². The van der Waals surface area contributed by atoms with Gasteiger partial charge >= 0.3 is 5.97 Å². The number of carbonyl (C=O) groups excluding carboxylic acids is 2. The first-order valence-corrected chi connectivity index (χ1v) is 9.40. The first kappa shape index (κ1) is 20.2. The van der Waals surface area contributed by atoms with Crippen molar-refractivity contribution in [2.45, 2.75) is 26.7 Å². The van der Waals surface area contributed by atoms with Gasteiger partial charge in [0.15, 0.2) is 0 Å². The first-order chi connectivity index (χ1) is 13.9. The minimum atomic E-state index is -0.702. The van der Waals surface area contributed by atoms with E-state index < -0.39 is 11.9 Å². The highest BCUT2D eigenvalue weighted by molar-refractivity contribution is 6.08. The van der Waals surface area contributed by atoms with Gasteiger partial charge in [0.2, 0.25) is 5.88 Å². The Morgan fingerprint density at radius 3 is 2.45 bits per heavy atom. The molecule has 2 aromatic rings. The fourth-order valence-corrected chi connectivity index (χ4v) is 3.39. The molecule has 0 bridgehead atoms. The third-order valence-electron chi connectivity index (χ3n) is 4.63. The third kappa shape index (κ3) is 4.32. The zero-order chi connectivity index (χ0) is 21.0. The van der Waals surface area contributed by atoms with Crippen LogP contribution in [0.25, 0.3) is 0 Å². The molecule has 0 saturated carbocycles. The first-order valence-electron chi connectivity index (χ1n) is 9.40. The molecule has 0 unspecified atom stereocenters. The lowest BCUT2D eigenvalue weighted by molar-refractivity contribution is -0.139. The number of rotatable bonds is 5. The van der Waals surface area contributed by atoms with Crippen LogP contribution in [-0.4, -0.2) is 18.5 Å². The number of nitrogens with one attached hydrogen (secondary N) is 1. The molecular formula is C23H24N2O4. The molecule has 1 heterocycles. The molecule has 1 amide bonds. The van der Waals surface area contributed by atoms with Gasteiger partial charge in [0.1, 0.15) is 11.3 Å². The van der Waals surface area contributed by atoms with E-state index in [-0.39, 0.29) is 24.0 Å². The van der Waals surface area contributed by atoms with Crippen molar-refractivity contribution in [1.29, 1.82) is 0 Å². The molecule has 0 spiro atoms. The van der Waals surface area contributed by atoms with Crippen LogP contribution >= 0.6 is 0 Å². The molecule has 29 heavy (non-hydrogen) atoms. The molecule has 0 fully saturated rings. The van der Waals surface area contributed by atoms with Gasteiger partial charge in [-0.25, -0.2) is 4.79 Å². The van der Waals surface area contributed by atoms with Crippen LogP contribution in [0.3, 0.4) is 0 Å². The zero-order valence-electron chi connectivity index (χ0n) is 16.7. The maximum Gasteiger partial charge on any atom is 0.340 e. The van der Waals surface area contributed by atoms with Gasteiger partial charge in [-0.2, -0.15) is 0 Å². The van der Waals surface area contributed by atoms with Gasteiger partial charge in [-0.05, 0) is 38.5 Å². The van der Waals surface area contributed by atoms with Crippen LogP contribution in [0.4, 0.5) is 5.69 Å². The highest BCUT2D eigenvalue weighted by Crippen LogP contribution is 2.40. The average Bonchev–Trinajstić information content (AvgIpc) is 2.68. The number of aryl methyl sites for hydroxylation is 1. The van der Waals surface area contributed by atoms with E-state index in [9.17, 15) is 9.59 Å². The summed E-state index contributed by atoms with van der Waals surface area (Å²) < 4.78 is 10.8. The lowest BCUT2D eigenvalue weighted by atomic mass is 9.81. The number of ether oxygens (including phenoxy) is 2. The lowest BCUT2D eigenvalue weighted by Gasteiger charge is -2.29. The SMILES string of the molecule is CCOC(=O)C1=C(N)OC(C)=C(C(=O)Nc2ccccc2)[C@H]1c1cccc(C)c1. The summed E-state index contributed by atoms with van der Waals surface area (Å²) in [4.78, 5) is 25.9. The van der Waals surface area contributed by atoms with E-state index in [0.717, 1.165) is 11.1 Å². The Morgan fingerprint density at radius 2 is 1.79 bits per heavy atom. The van der Waals surface area contributed by atoms with Crippen molar-refractivity contribution in [3.05, 3.63) is 88.5 Å². The Bertz CT molecular complexity index is 993. The number of benzene rings is 2. The van der Waals surface area contributed by atoms with Crippen molar-refractivity contribution in [1.82, 2.24) is 0 Å². The van der Waals surface area contributed by atoms with Crippen molar-refractivity contribution >= 4 is 17.6 Å². The number of hydrogen-bond donors (Lipinski definition) is 2. The Kier molecular flexibility index (Phi) is 6.02. The molecule has 3 rings (SSSR count). The van der Waals surface area contributed by atoms with E-state index in [1.807, 2.05) is 49.4 Å². The highest BCUT2D eigenvalue weighted by Gasteiger charge is 2.39. The van der Waals surface area contributed by atoms with Gasteiger partial charge < -0.3 is 20.5 Å². The van der Waals surface area contributed by atoms with E-state index in [1.165, 1.54) is 0 Å². The normalized spacial score (nSPS) is 16.3. The maximum absolute atomic E-state index is 13.2. The smallest absolute Gasteiger partial charge is 0.340 e. The maximum atomic E-state index is 13.2. The van der Waals surface area contributed by atoms with Crippen LogP contribution in [0.1, 0.15) is 30.9 Å². The molecule has 0 saturated heterocycles. The summed E-state index contributed by atoms with van der Waals surface area (Å²) in [6, 6.07) is 16.7. The summed E-state index contributed by atoms with van der Waals surface area (Å²) in [6.07, 6.45) is 0. The number of hydrogen-bond acceptors (Lipinski definition) is 5. The average molecular weight is 392 g/mol. The van der Waals surface area contributed by atoms with Crippen LogP contribution in [0.5, 0.6) is 0 Å². The Morgan fingerprint density at radius 1 is 1.07 bits per heavy atom.